The maximum Gasteiger partial charge on any atom is 0.287 e. The second-order valence-corrected chi connectivity index (χ2v) is 12.9. The fraction of sp³-hybridized carbons (Fsp3) is 0.296. The monoisotopic (exact) mass is 597 g/mol. The van der Waals surface area contributed by atoms with Gasteiger partial charge in [-0.3, -0.25) is 4.79 Å². The number of nitrogens with zero attached hydrogens (tertiary/aromatic N) is 4. The van der Waals surface area contributed by atoms with Gasteiger partial charge in [0.05, 0.1) is 18.8 Å². The van der Waals surface area contributed by atoms with Crippen LogP contribution in [0.5, 0.6) is 0 Å². The van der Waals surface area contributed by atoms with E-state index in [4.69, 9.17) is 19.0 Å². The van der Waals surface area contributed by atoms with Crippen molar-refractivity contribution in [3.63, 3.8) is 0 Å². The summed E-state index contributed by atoms with van der Waals surface area (Å²) in [6.45, 7) is 4.26. The van der Waals surface area contributed by atoms with Crippen LogP contribution in [0.1, 0.15) is 25.3 Å². The molecular weight excluding hydrogens is 569 g/mol. The number of hydrogen-bond donors (Lipinski definition) is 4. The maximum atomic E-state index is 13.6. The molecule has 13 heteroatoms. The van der Waals surface area contributed by atoms with Gasteiger partial charge in [-0.15, -0.1) is 0 Å². The van der Waals surface area contributed by atoms with Crippen LogP contribution in [0.15, 0.2) is 75.6 Å². The number of hydrogen-bond acceptors (Lipinski definition) is 9. The van der Waals surface area contributed by atoms with Crippen LogP contribution >= 0.6 is 31.6 Å². The van der Waals surface area contributed by atoms with E-state index in [0.717, 1.165) is 16.2 Å². The average Bonchev–Trinajstić information content (AvgIpc) is 3.53. The minimum absolute atomic E-state index is 0.0103. The quantitative estimate of drug-likeness (QED) is 0.158. The lowest BCUT2D eigenvalue weighted by Crippen LogP contribution is -2.45. The molecule has 4 unspecified atom stereocenters. The van der Waals surface area contributed by atoms with Crippen molar-refractivity contribution in [2.24, 2.45) is 0 Å². The highest BCUT2D eigenvalue weighted by Gasteiger charge is 2.36. The lowest BCUT2D eigenvalue weighted by atomic mass is 10.0. The Morgan fingerprint density at radius 1 is 1.18 bits per heavy atom. The predicted molar refractivity (Wildman–Crippen MR) is 158 cm³/mol. The van der Waals surface area contributed by atoms with Gasteiger partial charge in [0.1, 0.15) is 18.3 Å². The standard InChI is InChI=1S/C27H28N5O5PS2/c1-15(2)16-8-10-18(11-9-16)40-27-29-22-24(31(27)13-20(33)23-21(34)14-36-38(39)37-23)30-26-28-19(12-32(26)25(22)35)17-6-4-3-5-7-17/h3-12,15,20-21,23,33-34,39H,13-14H2,1-2H3,(H,28,30). The van der Waals surface area contributed by atoms with Gasteiger partial charge >= 0.3 is 0 Å². The molecule has 0 radical (unpaired) electrons. The van der Waals surface area contributed by atoms with Crippen LogP contribution in [0.2, 0.25) is 0 Å². The van der Waals surface area contributed by atoms with Gasteiger partial charge in [-0.25, -0.2) is 9.38 Å². The molecule has 4 heterocycles. The highest BCUT2D eigenvalue weighted by atomic mass is 32.7. The summed E-state index contributed by atoms with van der Waals surface area (Å²) in [6, 6.07) is 17.8. The number of benzene rings is 2. The summed E-state index contributed by atoms with van der Waals surface area (Å²) in [6.07, 6.45) is -1.37. The van der Waals surface area contributed by atoms with Crippen molar-refractivity contribution in [3.8, 4) is 11.3 Å². The molecule has 2 aromatic carbocycles. The van der Waals surface area contributed by atoms with Crippen molar-refractivity contribution in [1.82, 2.24) is 23.9 Å². The van der Waals surface area contributed by atoms with E-state index in [0.29, 0.717) is 22.5 Å². The number of aliphatic hydroxyl groups excluding tert-OH is 2. The highest BCUT2D eigenvalue weighted by molar-refractivity contribution is 8.41. The maximum absolute atomic E-state index is 13.6. The number of aromatic amines is 1. The molecule has 40 heavy (non-hydrogen) atoms. The van der Waals surface area contributed by atoms with Crippen molar-refractivity contribution in [1.29, 1.82) is 0 Å². The van der Waals surface area contributed by atoms with Crippen LogP contribution in [0.25, 0.3) is 28.2 Å². The SMILES string of the molecule is CC(C)c1ccc(Sc2nc3c(=O)n4cc(-c5ccccc5)[nH]c4nc3n2CC(O)C2OP(S)OCC2O)cc1. The number of H-pyrrole nitrogens is 1. The van der Waals surface area contributed by atoms with E-state index in [1.165, 1.54) is 21.7 Å². The zero-order valence-corrected chi connectivity index (χ0v) is 24.3. The van der Waals surface area contributed by atoms with Gasteiger partial charge in [-0.05, 0) is 29.2 Å². The summed E-state index contributed by atoms with van der Waals surface area (Å²) in [4.78, 5) is 27.2. The molecule has 0 aliphatic carbocycles. The third kappa shape index (κ3) is 5.33. The van der Waals surface area contributed by atoms with Crippen LogP contribution in [0, 0.1) is 0 Å². The van der Waals surface area contributed by atoms with Crippen molar-refractivity contribution in [2.75, 3.05) is 6.61 Å². The summed E-state index contributed by atoms with van der Waals surface area (Å²) < 4.78 is 14.1. The van der Waals surface area contributed by atoms with Crippen molar-refractivity contribution < 1.29 is 19.3 Å². The first-order valence-corrected chi connectivity index (χ1v) is 15.9. The number of thiol groups is 1. The molecule has 1 aliphatic rings. The second kappa shape index (κ2) is 11.3. The minimum Gasteiger partial charge on any atom is -0.388 e. The summed E-state index contributed by atoms with van der Waals surface area (Å²) in [5.41, 5.74) is 3.04. The Morgan fingerprint density at radius 2 is 1.93 bits per heavy atom. The van der Waals surface area contributed by atoms with Gasteiger partial charge in [-0.2, -0.15) is 4.98 Å². The van der Waals surface area contributed by atoms with Crippen molar-refractivity contribution >= 4 is 48.5 Å². The van der Waals surface area contributed by atoms with Gasteiger partial charge in [0.15, 0.2) is 16.3 Å². The van der Waals surface area contributed by atoms with E-state index in [-0.39, 0.29) is 24.2 Å². The van der Waals surface area contributed by atoms with Crippen molar-refractivity contribution in [2.45, 2.75) is 54.7 Å². The molecular formula is C27H28N5O5PS2. The zero-order chi connectivity index (χ0) is 28.0. The van der Waals surface area contributed by atoms with Crippen LogP contribution in [-0.2, 0) is 15.6 Å². The van der Waals surface area contributed by atoms with Gasteiger partial charge < -0.3 is 28.8 Å². The van der Waals surface area contributed by atoms with E-state index < -0.39 is 25.9 Å². The largest absolute Gasteiger partial charge is 0.388 e. The predicted octanol–water partition coefficient (Wildman–Crippen LogP) is 4.61. The second-order valence-electron chi connectivity index (χ2n) is 9.89. The Kier molecular flexibility index (Phi) is 7.75. The smallest absolute Gasteiger partial charge is 0.287 e. The molecule has 0 bridgehead atoms. The number of aromatic nitrogens is 5. The molecule has 3 aromatic heterocycles. The Morgan fingerprint density at radius 3 is 2.65 bits per heavy atom. The van der Waals surface area contributed by atoms with Gasteiger partial charge in [-0.1, -0.05) is 80.3 Å². The third-order valence-electron chi connectivity index (χ3n) is 6.81. The molecule has 1 aliphatic heterocycles. The Balaban J connectivity index is 1.44. The van der Waals surface area contributed by atoms with Gasteiger partial charge in [0, 0.05) is 11.1 Å². The topological polar surface area (TPSA) is 127 Å². The van der Waals surface area contributed by atoms with E-state index in [1.807, 2.05) is 42.5 Å². The molecule has 0 amide bonds. The van der Waals surface area contributed by atoms with Gasteiger partial charge in [0.25, 0.3) is 5.56 Å². The van der Waals surface area contributed by atoms with E-state index >= 15 is 0 Å². The number of nitrogens with one attached hydrogen (secondary N) is 1. The molecule has 10 nitrogen and oxygen atoms in total. The first kappa shape index (κ1) is 27.5. The van der Waals surface area contributed by atoms with E-state index in [9.17, 15) is 15.0 Å². The zero-order valence-electron chi connectivity index (χ0n) is 21.7. The van der Waals surface area contributed by atoms with Crippen LogP contribution in [0.3, 0.4) is 0 Å². The summed E-state index contributed by atoms with van der Waals surface area (Å²) in [7, 11) is -1.52. The number of imidazole rings is 2. The van der Waals surface area contributed by atoms with Gasteiger partial charge in [0.2, 0.25) is 13.4 Å². The molecule has 0 saturated carbocycles. The summed E-state index contributed by atoms with van der Waals surface area (Å²) in [5.74, 6) is 0.751. The van der Waals surface area contributed by atoms with Crippen molar-refractivity contribution in [3.05, 3.63) is 76.7 Å². The molecule has 3 N–H and O–H groups in total. The lowest BCUT2D eigenvalue weighted by Gasteiger charge is -2.33. The minimum atomic E-state index is -1.52. The molecule has 4 atom stereocenters. The number of rotatable bonds is 7. The fourth-order valence-corrected chi connectivity index (χ4v) is 6.87. The summed E-state index contributed by atoms with van der Waals surface area (Å²) >= 11 is 5.61. The Labute approximate surface area is 240 Å². The van der Waals surface area contributed by atoms with E-state index in [2.05, 4.69) is 43.2 Å². The van der Waals surface area contributed by atoms with Crippen LogP contribution in [-0.4, -0.2) is 59.1 Å². The number of fused-ring (bicyclic) bond motifs is 2. The van der Waals surface area contributed by atoms with Crippen LogP contribution < -0.4 is 5.56 Å². The Bertz CT molecular complexity index is 1710. The molecule has 6 rings (SSSR count). The summed E-state index contributed by atoms with van der Waals surface area (Å²) in [5, 5.41) is 22.1. The number of aliphatic hydroxyl groups is 2. The molecule has 0 spiro atoms. The third-order valence-corrected chi connectivity index (χ3v) is 9.23. The molecule has 1 saturated heterocycles. The lowest BCUT2D eigenvalue weighted by molar-refractivity contribution is -0.0837. The first-order chi connectivity index (χ1) is 19.3. The fourth-order valence-electron chi connectivity index (χ4n) is 4.63. The molecule has 5 aromatic rings. The molecule has 208 valence electrons. The highest BCUT2D eigenvalue weighted by Crippen LogP contribution is 2.48. The average molecular weight is 598 g/mol. The molecule has 1 fully saturated rings. The van der Waals surface area contributed by atoms with Crippen LogP contribution in [0.4, 0.5) is 0 Å². The Hall–Kier alpha value is -2.70. The first-order valence-electron chi connectivity index (χ1n) is 12.8. The van der Waals surface area contributed by atoms with E-state index in [1.54, 1.807) is 10.8 Å². The normalized spacial score (nSPS) is 20.5.